The fourth-order valence-electron chi connectivity index (χ4n) is 2.04. The first-order chi connectivity index (χ1) is 10.6. The Morgan fingerprint density at radius 3 is 2.45 bits per heavy atom. The van der Waals surface area contributed by atoms with Crippen LogP contribution in [0, 0.1) is 5.82 Å². The quantitative estimate of drug-likeness (QED) is 0.795. The Bertz CT molecular complexity index is 641. The van der Waals surface area contributed by atoms with E-state index in [0.29, 0.717) is 30.0 Å². The highest BCUT2D eigenvalue weighted by Gasteiger charge is 2.08. The average molecular weight is 303 g/mol. The third kappa shape index (κ3) is 3.97. The second-order valence-electron chi connectivity index (χ2n) is 4.67. The van der Waals surface area contributed by atoms with Gasteiger partial charge in [-0.15, -0.1) is 0 Å². The predicted octanol–water partition coefficient (Wildman–Crippen LogP) is 3.53. The van der Waals surface area contributed by atoms with Gasteiger partial charge in [-0.1, -0.05) is 0 Å². The Hall–Kier alpha value is -2.56. The van der Waals surface area contributed by atoms with E-state index in [9.17, 15) is 9.18 Å². The molecular formula is C17H18FNO3. The van der Waals surface area contributed by atoms with Gasteiger partial charge in [-0.05, 0) is 36.4 Å². The fraction of sp³-hybridized carbons (Fsp3) is 0.235. The van der Waals surface area contributed by atoms with Crippen molar-refractivity contribution in [3.05, 3.63) is 53.8 Å². The van der Waals surface area contributed by atoms with Crippen LogP contribution in [0.1, 0.15) is 16.8 Å². The minimum Gasteiger partial charge on any atom is -0.497 e. The number of nitrogens with one attached hydrogen (secondary N) is 1. The van der Waals surface area contributed by atoms with E-state index in [2.05, 4.69) is 5.32 Å². The third-order valence-corrected chi connectivity index (χ3v) is 3.24. The van der Waals surface area contributed by atoms with Gasteiger partial charge in [0, 0.05) is 24.6 Å². The van der Waals surface area contributed by atoms with Crippen molar-refractivity contribution in [3.8, 4) is 11.5 Å². The summed E-state index contributed by atoms with van der Waals surface area (Å²) in [6.45, 7) is 0.457. The van der Waals surface area contributed by atoms with Crippen LogP contribution in [0.3, 0.4) is 0 Å². The lowest BCUT2D eigenvalue weighted by molar-refractivity contribution is 0.0986. The Morgan fingerprint density at radius 1 is 1.09 bits per heavy atom. The van der Waals surface area contributed by atoms with Gasteiger partial charge < -0.3 is 14.8 Å². The summed E-state index contributed by atoms with van der Waals surface area (Å²) < 4.78 is 23.2. The SMILES string of the molecule is COc1ccc(NCCC(=O)c2ccc(F)cc2)c(OC)c1. The molecule has 0 radical (unpaired) electrons. The molecule has 0 heterocycles. The van der Waals surface area contributed by atoms with E-state index >= 15 is 0 Å². The monoisotopic (exact) mass is 303 g/mol. The molecule has 0 aliphatic heterocycles. The van der Waals surface area contributed by atoms with Crippen LogP contribution in [0.2, 0.25) is 0 Å². The summed E-state index contributed by atoms with van der Waals surface area (Å²) in [6, 6.07) is 11.0. The molecule has 4 nitrogen and oxygen atoms in total. The number of Topliss-reactive ketones (excluding diaryl/α,β-unsaturated/α-hetero) is 1. The molecule has 0 unspecified atom stereocenters. The van der Waals surface area contributed by atoms with Gasteiger partial charge in [-0.2, -0.15) is 0 Å². The van der Waals surface area contributed by atoms with E-state index in [1.54, 1.807) is 20.3 Å². The first-order valence-electron chi connectivity index (χ1n) is 6.88. The highest BCUT2D eigenvalue weighted by Crippen LogP contribution is 2.28. The zero-order chi connectivity index (χ0) is 15.9. The molecule has 0 bridgehead atoms. The van der Waals surface area contributed by atoms with E-state index in [1.165, 1.54) is 24.3 Å². The van der Waals surface area contributed by atoms with Crippen LogP contribution < -0.4 is 14.8 Å². The number of methoxy groups -OCH3 is 2. The second-order valence-corrected chi connectivity index (χ2v) is 4.67. The van der Waals surface area contributed by atoms with Gasteiger partial charge in [0.15, 0.2) is 5.78 Å². The van der Waals surface area contributed by atoms with Gasteiger partial charge in [0.1, 0.15) is 17.3 Å². The van der Waals surface area contributed by atoms with Gasteiger partial charge in [0.2, 0.25) is 0 Å². The number of carbonyl (C=O) groups excluding carboxylic acids is 1. The smallest absolute Gasteiger partial charge is 0.164 e. The summed E-state index contributed by atoms with van der Waals surface area (Å²) in [5.74, 6) is 0.955. The van der Waals surface area contributed by atoms with Crippen molar-refractivity contribution >= 4 is 11.5 Å². The number of anilines is 1. The number of rotatable bonds is 7. The van der Waals surface area contributed by atoms with Gasteiger partial charge in [0.05, 0.1) is 19.9 Å². The third-order valence-electron chi connectivity index (χ3n) is 3.24. The minimum absolute atomic E-state index is 0.0417. The molecule has 0 saturated heterocycles. The fourth-order valence-corrected chi connectivity index (χ4v) is 2.04. The summed E-state index contributed by atoms with van der Waals surface area (Å²) in [6.07, 6.45) is 0.306. The zero-order valence-corrected chi connectivity index (χ0v) is 12.6. The molecule has 2 aromatic rings. The maximum atomic E-state index is 12.8. The van der Waals surface area contributed by atoms with E-state index in [-0.39, 0.29) is 11.6 Å². The summed E-state index contributed by atoms with van der Waals surface area (Å²) in [5, 5.41) is 3.15. The molecule has 0 fully saturated rings. The number of benzene rings is 2. The summed E-state index contributed by atoms with van der Waals surface area (Å²) >= 11 is 0. The molecule has 0 atom stereocenters. The van der Waals surface area contributed by atoms with Gasteiger partial charge in [0.25, 0.3) is 0 Å². The number of ketones is 1. The lowest BCUT2D eigenvalue weighted by Crippen LogP contribution is -2.09. The number of ether oxygens (including phenoxy) is 2. The molecular weight excluding hydrogens is 285 g/mol. The van der Waals surface area contributed by atoms with Crippen LogP contribution in [0.15, 0.2) is 42.5 Å². The van der Waals surface area contributed by atoms with Gasteiger partial charge in [-0.3, -0.25) is 4.79 Å². The Labute approximate surface area is 128 Å². The van der Waals surface area contributed by atoms with E-state index in [0.717, 1.165) is 5.69 Å². The molecule has 2 aromatic carbocycles. The normalized spacial score (nSPS) is 10.1. The molecule has 0 aliphatic carbocycles. The molecule has 0 aromatic heterocycles. The standard InChI is InChI=1S/C17H18FNO3/c1-21-14-7-8-15(17(11-14)22-2)19-10-9-16(20)12-3-5-13(18)6-4-12/h3-8,11,19H,9-10H2,1-2H3. The second kappa shape index (κ2) is 7.45. The van der Waals surface area contributed by atoms with E-state index < -0.39 is 0 Å². The maximum Gasteiger partial charge on any atom is 0.164 e. The predicted molar refractivity (Wildman–Crippen MR) is 83.4 cm³/mol. The van der Waals surface area contributed by atoms with Crippen LogP contribution in [0.25, 0.3) is 0 Å². The van der Waals surface area contributed by atoms with Crippen molar-refractivity contribution in [2.24, 2.45) is 0 Å². The Balaban J connectivity index is 1.93. The Morgan fingerprint density at radius 2 is 1.82 bits per heavy atom. The number of hydrogen-bond donors (Lipinski definition) is 1. The van der Waals surface area contributed by atoms with Crippen LogP contribution in [-0.2, 0) is 0 Å². The molecule has 116 valence electrons. The van der Waals surface area contributed by atoms with Gasteiger partial charge >= 0.3 is 0 Å². The molecule has 1 N–H and O–H groups in total. The van der Waals surface area contributed by atoms with Crippen molar-refractivity contribution in [1.82, 2.24) is 0 Å². The molecule has 5 heteroatoms. The van der Waals surface area contributed by atoms with Crippen molar-refractivity contribution in [1.29, 1.82) is 0 Å². The molecule has 2 rings (SSSR count). The summed E-state index contributed by atoms with van der Waals surface area (Å²) in [7, 11) is 3.16. The Kier molecular flexibility index (Phi) is 5.36. The molecule has 0 spiro atoms. The highest BCUT2D eigenvalue weighted by atomic mass is 19.1. The van der Waals surface area contributed by atoms with Crippen molar-refractivity contribution in [2.75, 3.05) is 26.1 Å². The number of carbonyl (C=O) groups is 1. The van der Waals surface area contributed by atoms with Crippen molar-refractivity contribution in [3.63, 3.8) is 0 Å². The maximum absolute atomic E-state index is 12.8. The van der Waals surface area contributed by atoms with Crippen molar-refractivity contribution < 1.29 is 18.7 Å². The van der Waals surface area contributed by atoms with Crippen LogP contribution in [0.5, 0.6) is 11.5 Å². The summed E-state index contributed by atoms with van der Waals surface area (Å²) in [5.41, 5.74) is 1.29. The minimum atomic E-state index is -0.349. The lowest BCUT2D eigenvalue weighted by atomic mass is 10.1. The molecule has 0 aliphatic rings. The number of hydrogen-bond acceptors (Lipinski definition) is 4. The molecule has 0 saturated carbocycles. The van der Waals surface area contributed by atoms with Crippen molar-refractivity contribution in [2.45, 2.75) is 6.42 Å². The van der Waals surface area contributed by atoms with Crippen LogP contribution >= 0.6 is 0 Å². The van der Waals surface area contributed by atoms with E-state index in [4.69, 9.17) is 9.47 Å². The van der Waals surface area contributed by atoms with Crippen LogP contribution in [0.4, 0.5) is 10.1 Å². The average Bonchev–Trinajstić information content (AvgIpc) is 2.55. The first kappa shape index (κ1) is 15.8. The zero-order valence-electron chi connectivity index (χ0n) is 12.6. The summed E-state index contributed by atoms with van der Waals surface area (Å²) in [4.78, 5) is 12.0. The first-order valence-corrected chi connectivity index (χ1v) is 6.88. The van der Waals surface area contributed by atoms with Crippen LogP contribution in [-0.4, -0.2) is 26.5 Å². The number of halogens is 1. The largest absolute Gasteiger partial charge is 0.497 e. The molecule has 22 heavy (non-hydrogen) atoms. The lowest BCUT2D eigenvalue weighted by Gasteiger charge is -2.12. The van der Waals surface area contributed by atoms with Gasteiger partial charge in [-0.25, -0.2) is 4.39 Å². The molecule has 0 amide bonds. The van der Waals surface area contributed by atoms with E-state index in [1.807, 2.05) is 12.1 Å². The topological polar surface area (TPSA) is 47.6 Å². The highest BCUT2D eigenvalue weighted by molar-refractivity contribution is 5.96.